The van der Waals surface area contributed by atoms with Crippen molar-refractivity contribution in [3.63, 3.8) is 0 Å². The van der Waals surface area contributed by atoms with Crippen LogP contribution in [-0.2, 0) is 25.7 Å². The van der Waals surface area contributed by atoms with Crippen LogP contribution in [0.3, 0.4) is 0 Å². The van der Waals surface area contributed by atoms with Crippen molar-refractivity contribution in [3.8, 4) is 0 Å². The first-order chi connectivity index (χ1) is 13.8. The van der Waals surface area contributed by atoms with Gasteiger partial charge in [0, 0.05) is 16.6 Å². The number of carbonyl (C=O) groups is 1. The lowest BCUT2D eigenvalue weighted by Gasteiger charge is -2.15. The van der Waals surface area contributed by atoms with Gasteiger partial charge in [0.15, 0.2) is 0 Å². The average molecular weight is 400 g/mol. The van der Waals surface area contributed by atoms with Gasteiger partial charge in [-0.25, -0.2) is 0 Å². The number of esters is 1. The fourth-order valence-corrected chi connectivity index (χ4v) is 4.08. The Morgan fingerprint density at radius 3 is 2.57 bits per heavy atom. The monoisotopic (exact) mass is 399 g/mol. The minimum absolute atomic E-state index is 0.133. The summed E-state index contributed by atoms with van der Waals surface area (Å²) in [6.07, 6.45) is 0.251. The number of hydrogen-bond donors (Lipinski definition) is 0. The molecule has 2 atom stereocenters. The molecule has 0 saturated carbocycles. The summed E-state index contributed by atoms with van der Waals surface area (Å²) in [5.74, 6) is 1.14. The summed E-state index contributed by atoms with van der Waals surface area (Å²) in [5.41, 5.74) is 1.03. The molecule has 3 rings (SSSR count). The quantitative estimate of drug-likeness (QED) is 0.352. The van der Waals surface area contributed by atoms with Gasteiger partial charge in [-0.1, -0.05) is 53.7 Å². The molecule has 0 radical (unpaired) electrons. The summed E-state index contributed by atoms with van der Waals surface area (Å²) in [7, 11) is 0. The summed E-state index contributed by atoms with van der Waals surface area (Å²) in [4.78, 5) is 18.8. The van der Waals surface area contributed by atoms with Crippen molar-refractivity contribution in [2.24, 2.45) is 17.0 Å². The summed E-state index contributed by atoms with van der Waals surface area (Å²) in [6, 6.07) is 20.0. The molecule has 28 heavy (non-hydrogen) atoms. The summed E-state index contributed by atoms with van der Waals surface area (Å²) < 4.78 is 10.9. The molecule has 5 nitrogen and oxygen atoms in total. The predicted molar refractivity (Wildman–Crippen MR) is 110 cm³/mol. The van der Waals surface area contributed by atoms with Crippen LogP contribution in [0.5, 0.6) is 0 Å². The number of thioether (sulfide) groups is 1. The Labute approximate surface area is 170 Å². The lowest BCUT2D eigenvalue weighted by molar-refractivity contribution is -0.143. The van der Waals surface area contributed by atoms with Gasteiger partial charge in [-0.05, 0) is 24.6 Å². The first kappa shape index (κ1) is 20.3. The standard InChI is InChI=1S/C22H25NO4S/c1-2-25-21(24)13-20-18(16-28-19-11-7-4-8-12-19)15-26-22(20)23-27-14-17-9-5-3-6-10-17/h3-12,18,20H,2,13-16H2,1H3/b23-22-/t18-,20-/m1/s1. The first-order valence-electron chi connectivity index (χ1n) is 9.46. The molecule has 1 saturated heterocycles. The Bertz CT molecular complexity index is 767. The van der Waals surface area contributed by atoms with E-state index < -0.39 is 0 Å². The maximum absolute atomic E-state index is 12.1. The van der Waals surface area contributed by atoms with Gasteiger partial charge in [-0.15, -0.1) is 11.8 Å². The van der Waals surface area contributed by atoms with Crippen LogP contribution in [0.25, 0.3) is 0 Å². The van der Waals surface area contributed by atoms with Crippen molar-refractivity contribution in [2.75, 3.05) is 19.0 Å². The molecule has 0 unspecified atom stereocenters. The van der Waals surface area contributed by atoms with Gasteiger partial charge in [0.1, 0.15) is 6.61 Å². The lowest BCUT2D eigenvalue weighted by Crippen LogP contribution is -2.23. The second-order valence-corrected chi connectivity index (χ2v) is 7.59. The van der Waals surface area contributed by atoms with Crippen LogP contribution >= 0.6 is 11.8 Å². The number of nitrogens with zero attached hydrogens (tertiary/aromatic N) is 1. The first-order valence-corrected chi connectivity index (χ1v) is 10.4. The van der Waals surface area contributed by atoms with Crippen LogP contribution in [0.2, 0.25) is 0 Å². The second kappa shape index (κ2) is 10.8. The van der Waals surface area contributed by atoms with Gasteiger partial charge < -0.3 is 14.3 Å². The number of benzene rings is 2. The van der Waals surface area contributed by atoms with Gasteiger partial charge in [-0.3, -0.25) is 4.79 Å². The van der Waals surface area contributed by atoms with Gasteiger partial charge in [0.25, 0.3) is 0 Å². The topological polar surface area (TPSA) is 57.1 Å². The zero-order chi connectivity index (χ0) is 19.6. The summed E-state index contributed by atoms with van der Waals surface area (Å²) >= 11 is 1.76. The molecular weight excluding hydrogens is 374 g/mol. The van der Waals surface area contributed by atoms with E-state index in [4.69, 9.17) is 14.3 Å². The molecule has 2 aromatic rings. The van der Waals surface area contributed by atoms with Gasteiger partial charge >= 0.3 is 5.97 Å². The maximum atomic E-state index is 12.1. The zero-order valence-electron chi connectivity index (χ0n) is 16.0. The third kappa shape index (κ3) is 6.02. The smallest absolute Gasteiger partial charge is 0.306 e. The maximum Gasteiger partial charge on any atom is 0.306 e. The number of ether oxygens (including phenoxy) is 2. The Kier molecular flexibility index (Phi) is 7.79. The molecule has 0 aliphatic carbocycles. The molecule has 1 fully saturated rings. The minimum Gasteiger partial charge on any atom is -0.478 e. The number of carbonyl (C=O) groups excluding carboxylic acids is 1. The van der Waals surface area contributed by atoms with Crippen molar-refractivity contribution in [1.29, 1.82) is 0 Å². The van der Waals surface area contributed by atoms with Crippen molar-refractivity contribution in [1.82, 2.24) is 0 Å². The average Bonchev–Trinajstić information content (AvgIpc) is 3.09. The predicted octanol–water partition coefficient (Wildman–Crippen LogP) is 4.52. The molecule has 0 N–H and O–H groups in total. The third-order valence-corrected chi connectivity index (χ3v) is 5.66. The van der Waals surface area contributed by atoms with E-state index in [2.05, 4.69) is 17.3 Å². The highest BCUT2D eigenvalue weighted by Gasteiger charge is 2.37. The molecule has 148 valence electrons. The molecule has 0 amide bonds. The highest BCUT2D eigenvalue weighted by Crippen LogP contribution is 2.32. The van der Waals surface area contributed by atoms with Crippen molar-refractivity contribution in [3.05, 3.63) is 66.2 Å². The number of hydrogen-bond acceptors (Lipinski definition) is 6. The SMILES string of the molecule is CCOC(=O)C[C@H]1/C(=N/OCc2ccccc2)OC[C@@H]1CSc1ccccc1. The Balaban J connectivity index is 1.62. The minimum atomic E-state index is -0.233. The van der Waals surface area contributed by atoms with E-state index >= 15 is 0 Å². The largest absolute Gasteiger partial charge is 0.478 e. The fourth-order valence-electron chi connectivity index (χ4n) is 2.99. The van der Waals surface area contributed by atoms with Crippen LogP contribution in [0.1, 0.15) is 18.9 Å². The Hall–Kier alpha value is -2.47. The number of rotatable bonds is 9. The molecule has 0 aromatic heterocycles. The molecular formula is C22H25NO4S. The van der Waals surface area contributed by atoms with Crippen LogP contribution in [0, 0.1) is 11.8 Å². The molecule has 1 aliphatic rings. The van der Waals surface area contributed by atoms with Gasteiger partial charge in [-0.2, -0.15) is 0 Å². The zero-order valence-corrected chi connectivity index (χ0v) is 16.8. The van der Waals surface area contributed by atoms with Crippen molar-refractivity contribution in [2.45, 2.75) is 24.8 Å². The van der Waals surface area contributed by atoms with Crippen LogP contribution < -0.4 is 0 Å². The summed E-state index contributed by atoms with van der Waals surface area (Å²) in [5, 5.41) is 4.20. The summed E-state index contributed by atoms with van der Waals surface area (Å²) in [6.45, 7) is 3.07. The van der Waals surface area contributed by atoms with Gasteiger partial charge in [0.05, 0.1) is 25.6 Å². The van der Waals surface area contributed by atoms with E-state index in [0.29, 0.717) is 25.7 Å². The van der Waals surface area contributed by atoms with E-state index in [0.717, 1.165) is 11.3 Å². The molecule has 0 bridgehead atoms. The molecule has 1 heterocycles. The molecule has 2 aromatic carbocycles. The van der Waals surface area contributed by atoms with Gasteiger partial charge in [0.2, 0.25) is 5.90 Å². The fraction of sp³-hybridized carbons (Fsp3) is 0.364. The van der Waals surface area contributed by atoms with E-state index in [1.807, 2.05) is 55.5 Å². The normalized spacial score (nSPS) is 20.0. The second-order valence-electron chi connectivity index (χ2n) is 6.50. The highest BCUT2D eigenvalue weighted by atomic mass is 32.2. The van der Waals surface area contributed by atoms with E-state index in [1.165, 1.54) is 4.90 Å². The van der Waals surface area contributed by atoms with E-state index in [-0.39, 0.29) is 24.2 Å². The third-order valence-electron chi connectivity index (χ3n) is 4.46. The van der Waals surface area contributed by atoms with E-state index in [1.54, 1.807) is 11.8 Å². The van der Waals surface area contributed by atoms with Crippen molar-refractivity contribution >= 4 is 23.6 Å². The molecule has 6 heteroatoms. The van der Waals surface area contributed by atoms with Crippen molar-refractivity contribution < 1.29 is 19.1 Å². The highest BCUT2D eigenvalue weighted by molar-refractivity contribution is 7.99. The number of oxime groups is 1. The Morgan fingerprint density at radius 2 is 1.86 bits per heavy atom. The molecule has 0 spiro atoms. The van der Waals surface area contributed by atoms with Crippen LogP contribution in [0.4, 0.5) is 0 Å². The van der Waals surface area contributed by atoms with E-state index in [9.17, 15) is 4.79 Å². The molecule has 1 aliphatic heterocycles. The van der Waals surface area contributed by atoms with Crippen LogP contribution in [-0.4, -0.2) is 30.8 Å². The Morgan fingerprint density at radius 1 is 1.14 bits per heavy atom. The van der Waals surface area contributed by atoms with Crippen LogP contribution in [0.15, 0.2) is 70.7 Å². The lowest BCUT2D eigenvalue weighted by atomic mass is 9.94.